The summed E-state index contributed by atoms with van der Waals surface area (Å²) in [4.78, 5) is 72.9. The molecule has 2 fully saturated rings. The van der Waals surface area contributed by atoms with E-state index in [-0.39, 0.29) is 34.8 Å². The zero-order valence-electron chi connectivity index (χ0n) is 56.9. The molecule has 10 heterocycles. The lowest BCUT2D eigenvalue weighted by Crippen LogP contribution is -2.29. The zero-order valence-corrected chi connectivity index (χ0v) is 56.9. The Hall–Kier alpha value is -10.8. The number of piperidine rings is 2. The standard InChI is InChI=1S/C39H40FN7O3.C38H38FN7O3/c1-24(48)50-23-31-30(7-6-8-34(31)47-38(49)36-27(21-43-47)17-29(19-32(36)40)39(2,3)4)28-18-33(37-41-13-16-46(37)22-28)44-35-10-9-26(20-42-35)25-11-14-45(5)15-12-25;1-23(47)49-22-30-29(6-5-7-33(30)46-37(48)35-26(20-43-46)16-28(18-31(35)39)38(2,3)4)27-17-32(36-41-14-15-45(36)21-27)44-34-9-8-25(19-42-34)24-10-12-40-13-11-24/h6-10,13,16-22,25H,11-12,14-15,23H2,1-5H3,(H,42,44);5-9,14-21,24,40H,10-13,22H2,1-4H3,(H,42,44). The number of ether oxygens (including phenoxy) is 2. The monoisotopic (exact) mass is 1330 g/mol. The molecule has 2 aliphatic heterocycles. The second kappa shape index (κ2) is 27.6. The van der Waals surface area contributed by atoms with Gasteiger partial charge in [-0.2, -0.15) is 19.6 Å². The van der Waals surface area contributed by atoms with Gasteiger partial charge >= 0.3 is 11.9 Å². The number of halogens is 2. The minimum absolute atomic E-state index is 0.0579. The summed E-state index contributed by atoms with van der Waals surface area (Å²) in [6.45, 7) is 18.5. The lowest BCUT2D eigenvalue weighted by atomic mass is 9.86. The summed E-state index contributed by atoms with van der Waals surface area (Å²) in [6.07, 6.45) is 22.3. The third kappa shape index (κ3) is 14.2. The lowest BCUT2D eigenvalue weighted by Gasteiger charge is -2.29. The number of carbonyl (C=O) groups excluding carboxylic acids is 2. The summed E-state index contributed by atoms with van der Waals surface area (Å²) in [7, 11) is 2.16. The second-order valence-electron chi connectivity index (χ2n) is 27.6. The van der Waals surface area contributed by atoms with Crippen molar-refractivity contribution < 1.29 is 27.8 Å². The number of rotatable bonds is 14. The summed E-state index contributed by atoms with van der Waals surface area (Å²) in [6, 6.07) is 29.4. The molecule has 0 spiro atoms. The summed E-state index contributed by atoms with van der Waals surface area (Å²) in [5.74, 6) is 0.174. The van der Waals surface area contributed by atoms with Crippen molar-refractivity contribution in [3.05, 3.63) is 225 Å². The first kappa shape index (κ1) is 66.8. The van der Waals surface area contributed by atoms with Gasteiger partial charge in [-0.1, -0.05) is 77.9 Å². The minimum atomic E-state index is -0.611. The Morgan fingerprint density at radius 3 is 1.40 bits per heavy atom. The van der Waals surface area contributed by atoms with Gasteiger partial charge in [-0.25, -0.2) is 28.7 Å². The van der Waals surface area contributed by atoms with Gasteiger partial charge < -0.3 is 39.1 Å². The van der Waals surface area contributed by atoms with Crippen molar-refractivity contribution >= 4 is 67.8 Å². The number of anilines is 4. The molecule has 0 bridgehead atoms. The van der Waals surface area contributed by atoms with Crippen molar-refractivity contribution in [1.82, 2.24) is 58.5 Å². The van der Waals surface area contributed by atoms with E-state index in [0.29, 0.717) is 90.5 Å². The van der Waals surface area contributed by atoms with Crippen molar-refractivity contribution in [2.24, 2.45) is 0 Å². The molecule has 4 aromatic carbocycles. The fraction of sp³-hybridized carbons (Fsp3) is 0.299. The molecule has 99 heavy (non-hydrogen) atoms. The van der Waals surface area contributed by atoms with E-state index in [1.807, 2.05) is 124 Å². The van der Waals surface area contributed by atoms with Crippen molar-refractivity contribution in [1.29, 1.82) is 0 Å². The molecule has 3 N–H and O–H groups in total. The number of hydrogen-bond acceptors (Lipinski definition) is 16. The largest absolute Gasteiger partial charge is 0.461 e. The van der Waals surface area contributed by atoms with Crippen LogP contribution in [0, 0.1) is 11.6 Å². The first-order valence-electron chi connectivity index (χ1n) is 33.3. The van der Waals surface area contributed by atoms with E-state index in [9.17, 15) is 19.2 Å². The van der Waals surface area contributed by atoms with Gasteiger partial charge in [0.2, 0.25) is 0 Å². The molecule has 14 rings (SSSR count). The van der Waals surface area contributed by atoms with E-state index >= 15 is 8.78 Å². The Labute approximate surface area is 570 Å². The SMILES string of the molecule is CC(=O)OCc1c(-c2cc(Nc3ccc(C4CCN(C)CC4)cn3)c3nccn3c2)cccc1-n1ncc2cc(C(C)(C)C)cc(F)c2c1=O.CC(=O)OCc1c(-c2cc(Nc3ccc(C4CCNCC4)cn3)c3nccn3c2)cccc1-n1ncc2cc(C(C)(C)C)cc(F)c2c1=O. The maximum atomic E-state index is 15.6. The van der Waals surface area contributed by atoms with Crippen LogP contribution < -0.4 is 27.1 Å². The van der Waals surface area contributed by atoms with Crippen molar-refractivity contribution in [2.75, 3.05) is 43.9 Å². The second-order valence-corrected chi connectivity index (χ2v) is 27.6. The van der Waals surface area contributed by atoms with Crippen LogP contribution in [0.25, 0.3) is 66.5 Å². The number of carbonyl (C=O) groups is 2. The Morgan fingerprint density at radius 2 is 1.00 bits per heavy atom. The van der Waals surface area contributed by atoms with Crippen molar-refractivity contribution in [3.8, 4) is 33.6 Å². The van der Waals surface area contributed by atoms with Gasteiger partial charge in [0.15, 0.2) is 11.3 Å². The first-order valence-corrected chi connectivity index (χ1v) is 33.3. The highest BCUT2D eigenvalue weighted by molar-refractivity contribution is 5.86. The molecule has 2 aliphatic rings. The number of hydrogen-bond donors (Lipinski definition) is 3. The number of likely N-dealkylation sites (tertiary alicyclic amines) is 1. The zero-order chi connectivity index (χ0) is 69.4. The molecule has 0 radical (unpaired) electrons. The Kier molecular flexibility index (Phi) is 18.6. The quantitative estimate of drug-likeness (QED) is 0.0861. The van der Waals surface area contributed by atoms with Crippen LogP contribution in [0.5, 0.6) is 0 Å². The molecule has 20 nitrogen and oxygen atoms in total. The Bertz CT molecular complexity index is 5170. The van der Waals surface area contributed by atoms with E-state index in [1.165, 1.54) is 58.9 Å². The van der Waals surface area contributed by atoms with Crippen LogP contribution in [0.3, 0.4) is 0 Å². The summed E-state index contributed by atoms with van der Waals surface area (Å²) < 4.78 is 48.3. The van der Waals surface area contributed by atoms with Crippen LogP contribution in [-0.4, -0.2) is 98.4 Å². The third-order valence-corrected chi connectivity index (χ3v) is 18.7. The average molecular weight is 1330 g/mol. The van der Waals surface area contributed by atoms with Crippen LogP contribution in [-0.2, 0) is 43.1 Å². The summed E-state index contributed by atoms with van der Waals surface area (Å²) >= 11 is 0. The molecule has 0 saturated carbocycles. The molecule has 12 aromatic rings. The molecule has 8 aromatic heterocycles. The average Bonchev–Trinajstić information content (AvgIpc) is 1.13. The molecule has 2 saturated heterocycles. The normalized spacial score (nSPS) is 14.2. The van der Waals surface area contributed by atoms with E-state index in [0.717, 1.165) is 74.1 Å². The number of nitrogens with one attached hydrogen (secondary N) is 3. The fourth-order valence-electron chi connectivity index (χ4n) is 13.2. The molecule has 506 valence electrons. The Morgan fingerprint density at radius 1 is 0.566 bits per heavy atom. The van der Waals surface area contributed by atoms with Crippen LogP contribution in [0.15, 0.2) is 169 Å². The van der Waals surface area contributed by atoms with E-state index < -0.39 is 34.7 Å². The van der Waals surface area contributed by atoms with Gasteiger partial charge in [0, 0.05) is 96.4 Å². The van der Waals surface area contributed by atoms with Crippen LogP contribution in [0.4, 0.5) is 31.8 Å². The highest BCUT2D eigenvalue weighted by Gasteiger charge is 2.26. The molecule has 0 amide bonds. The predicted molar refractivity (Wildman–Crippen MR) is 381 cm³/mol. The number of benzene rings is 4. The van der Waals surface area contributed by atoms with Crippen molar-refractivity contribution in [3.63, 3.8) is 0 Å². The third-order valence-electron chi connectivity index (χ3n) is 18.7. The number of fused-ring (bicyclic) bond motifs is 4. The minimum Gasteiger partial charge on any atom is -0.461 e. The van der Waals surface area contributed by atoms with E-state index in [2.05, 4.69) is 60.2 Å². The fourth-order valence-corrected chi connectivity index (χ4v) is 13.2. The first-order chi connectivity index (χ1) is 47.5. The number of pyridine rings is 4. The van der Waals surface area contributed by atoms with Gasteiger partial charge in [0.1, 0.15) is 36.5 Å². The highest BCUT2D eigenvalue weighted by atomic mass is 19.1. The molecule has 0 unspecified atom stereocenters. The molecule has 0 atom stereocenters. The number of nitrogens with zero attached hydrogens (tertiary/aromatic N) is 11. The van der Waals surface area contributed by atoms with Gasteiger partial charge in [0.05, 0.1) is 45.9 Å². The molecular formula is C77H78F2N14O6. The van der Waals surface area contributed by atoms with E-state index in [4.69, 9.17) is 19.4 Å². The summed E-state index contributed by atoms with van der Waals surface area (Å²) in [5, 5.41) is 20.0. The van der Waals surface area contributed by atoms with Crippen LogP contribution >= 0.6 is 0 Å². The van der Waals surface area contributed by atoms with Gasteiger partial charge in [-0.05, 0) is 176 Å². The number of esters is 2. The van der Waals surface area contributed by atoms with Crippen molar-refractivity contribution in [2.45, 2.75) is 117 Å². The molecule has 0 aliphatic carbocycles. The van der Waals surface area contributed by atoms with E-state index in [1.54, 1.807) is 48.8 Å². The van der Waals surface area contributed by atoms with Gasteiger partial charge in [-0.15, -0.1) is 0 Å². The van der Waals surface area contributed by atoms with Crippen LogP contribution in [0.1, 0.15) is 126 Å². The highest BCUT2D eigenvalue weighted by Crippen LogP contribution is 2.38. The van der Waals surface area contributed by atoms with Gasteiger partial charge in [-0.3, -0.25) is 19.2 Å². The van der Waals surface area contributed by atoms with Crippen LogP contribution in [0.2, 0.25) is 0 Å². The van der Waals surface area contributed by atoms with Gasteiger partial charge in [0.25, 0.3) is 11.1 Å². The molecular weight excluding hydrogens is 1250 g/mol. The maximum absolute atomic E-state index is 15.6. The summed E-state index contributed by atoms with van der Waals surface area (Å²) in [5.41, 5.74) is 9.73. The smallest absolute Gasteiger partial charge is 0.302 e. The molecule has 22 heteroatoms. The topological polar surface area (TPSA) is 222 Å². The Balaban J connectivity index is 0.000000178. The lowest BCUT2D eigenvalue weighted by molar-refractivity contribution is -0.143. The number of aromatic nitrogens is 10. The number of imidazole rings is 2. The predicted octanol–water partition coefficient (Wildman–Crippen LogP) is 14.0. The maximum Gasteiger partial charge on any atom is 0.302 e.